The van der Waals surface area contributed by atoms with Gasteiger partial charge in [0, 0.05) is 32.6 Å². The van der Waals surface area contributed by atoms with Crippen LogP contribution in [0.15, 0.2) is 24.3 Å². The summed E-state index contributed by atoms with van der Waals surface area (Å²) in [6.07, 6.45) is -3.74. The maximum Gasteiger partial charge on any atom is 0.416 e. The lowest BCUT2D eigenvalue weighted by atomic mass is 10.1. The summed E-state index contributed by atoms with van der Waals surface area (Å²) in [7, 11) is 0. The Morgan fingerprint density at radius 1 is 1.25 bits per heavy atom. The molecule has 110 valence electrons. The summed E-state index contributed by atoms with van der Waals surface area (Å²) >= 11 is 0. The molecular weight excluding hydrogens is 269 g/mol. The van der Waals surface area contributed by atoms with Crippen molar-refractivity contribution in [3.05, 3.63) is 35.4 Å². The van der Waals surface area contributed by atoms with E-state index in [-0.39, 0.29) is 12.3 Å². The molecule has 1 amide bonds. The van der Waals surface area contributed by atoms with Gasteiger partial charge in [0.2, 0.25) is 5.91 Å². The van der Waals surface area contributed by atoms with Gasteiger partial charge in [0.15, 0.2) is 0 Å². The zero-order valence-corrected chi connectivity index (χ0v) is 11.0. The maximum atomic E-state index is 12.6. The first-order chi connectivity index (χ1) is 9.47. The Bertz CT molecular complexity index is 468. The molecule has 0 saturated carbocycles. The molecule has 0 unspecified atom stereocenters. The van der Waals surface area contributed by atoms with E-state index < -0.39 is 11.7 Å². The summed E-state index contributed by atoms with van der Waals surface area (Å²) in [5.74, 6) is 0.00362. The molecule has 1 aromatic carbocycles. The highest BCUT2D eigenvalue weighted by atomic mass is 19.4. The minimum atomic E-state index is -4.33. The molecule has 1 aromatic rings. The van der Waals surface area contributed by atoms with Crippen molar-refractivity contribution in [2.24, 2.45) is 0 Å². The number of carbonyl (C=O) groups excluding carboxylic acids is 1. The first-order valence-electron chi connectivity index (χ1n) is 6.61. The molecule has 0 radical (unpaired) electrons. The molecule has 1 aliphatic rings. The Labute approximate surface area is 115 Å². The Kier molecular flexibility index (Phi) is 4.65. The number of aryl methyl sites for hydroxylation is 1. The van der Waals surface area contributed by atoms with Gasteiger partial charge < -0.3 is 10.2 Å². The third-order valence-corrected chi connectivity index (χ3v) is 3.35. The summed E-state index contributed by atoms with van der Waals surface area (Å²) < 4.78 is 37.7. The minimum absolute atomic E-state index is 0.00362. The predicted octanol–water partition coefficient (Wildman–Crippen LogP) is 2.07. The van der Waals surface area contributed by atoms with Gasteiger partial charge in [-0.05, 0) is 18.1 Å². The van der Waals surface area contributed by atoms with Crippen molar-refractivity contribution in [2.75, 3.05) is 26.2 Å². The molecule has 0 atom stereocenters. The van der Waals surface area contributed by atoms with Gasteiger partial charge in [0.05, 0.1) is 5.56 Å². The van der Waals surface area contributed by atoms with Gasteiger partial charge in [-0.15, -0.1) is 0 Å². The Morgan fingerprint density at radius 2 is 1.95 bits per heavy atom. The minimum Gasteiger partial charge on any atom is -0.340 e. The van der Waals surface area contributed by atoms with E-state index in [1.54, 1.807) is 11.0 Å². The zero-order valence-electron chi connectivity index (χ0n) is 11.0. The molecule has 0 aliphatic carbocycles. The van der Waals surface area contributed by atoms with E-state index in [2.05, 4.69) is 5.32 Å². The van der Waals surface area contributed by atoms with Crippen LogP contribution in [0, 0.1) is 0 Å². The van der Waals surface area contributed by atoms with E-state index in [4.69, 9.17) is 0 Å². The van der Waals surface area contributed by atoms with Gasteiger partial charge in [0.1, 0.15) is 0 Å². The van der Waals surface area contributed by atoms with Gasteiger partial charge in [-0.25, -0.2) is 0 Å². The van der Waals surface area contributed by atoms with E-state index in [1.165, 1.54) is 6.07 Å². The SMILES string of the molecule is O=C(CCc1cccc(C(F)(F)F)c1)N1CCNCC1. The second-order valence-corrected chi connectivity index (χ2v) is 4.83. The van der Waals surface area contributed by atoms with Crippen molar-refractivity contribution in [3.8, 4) is 0 Å². The van der Waals surface area contributed by atoms with Crippen LogP contribution in [0.2, 0.25) is 0 Å². The van der Waals surface area contributed by atoms with Crippen LogP contribution in [0.5, 0.6) is 0 Å². The fourth-order valence-electron chi connectivity index (χ4n) is 2.23. The van der Waals surface area contributed by atoms with Crippen molar-refractivity contribution in [1.82, 2.24) is 10.2 Å². The Hall–Kier alpha value is -1.56. The number of carbonyl (C=O) groups is 1. The van der Waals surface area contributed by atoms with Crippen LogP contribution in [0.3, 0.4) is 0 Å². The van der Waals surface area contributed by atoms with Crippen LogP contribution < -0.4 is 5.32 Å². The molecule has 1 saturated heterocycles. The number of amides is 1. The van der Waals surface area contributed by atoms with Crippen molar-refractivity contribution in [1.29, 1.82) is 0 Å². The lowest BCUT2D eigenvalue weighted by Gasteiger charge is -2.27. The molecule has 0 spiro atoms. The molecule has 0 bridgehead atoms. The Balaban J connectivity index is 1.92. The molecule has 1 aliphatic heterocycles. The normalized spacial score (nSPS) is 16.2. The third-order valence-electron chi connectivity index (χ3n) is 3.35. The smallest absolute Gasteiger partial charge is 0.340 e. The number of halogens is 3. The second kappa shape index (κ2) is 6.26. The lowest BCUT2D eigenvalue weighted by molar-refractivity contribution is -0.137. The number of alkyl halides is 3. The molecule has 0 aromatic heterocycles. The number of rotatable bonds is 3. The first-order valence-corrected chi connectivity index (χ1v) is 6.61. The quantitative estimate of drug-likeness (QED) is 0.922. The Morgan fingerprint density at radius 3 is 2.60 bits per heavy atom. The molecule has 20 heavy (non-hydrogen) atoms. The fourth-order valence-corrected chi connectivity index (χ4v) is 2.23. The van der Waals surface area contributed by atoms with E-state index >= 15 is 0 Å². The van der Waals surface area contributed by atoms with Crippen molar-refractivity contribution in [2.45, 2.75) is 19.0 Å². The molecule has 6 heteroatoms. The van der Waals surface area contributed by atoms with Gasteiger partial charge >= 0.3 is 6.18 Å². The highest BCUT2D eigenvalue weighted by Gasteiger charge is 2.30. The molecule has 1 N–H and O–H groups in total. The van der Waals surface area contributed by atoms with E-state index in [0.29, 0.717) is 25.1 Å². The highest BCUT2D eigenvalue weighted by Crippen LogP contribution is 2.29. The van der Waals surface area contributed by atoms with Crippen LogP contribution >= 0.6 is 0 Å². The van der Waals surface area contributed by atoms with Crippen LogP contribution in [0.4, 0.5) is 13.2 Å². The van der Waals surface area contributed by atoms with Crippen molar-refractivity contribution < 1.29 is 18.0 Å². The summed E-state index contributed by atoms with van der Waals surface area (Å²) in [6.45, 7) is 2.88. The van der Waals surface area contributed by atoms with E-state index in [9.17, 15) is 18.0 Å². The van der Waals surface area contributed by atoms with Crippen molar-refractivity contribution in [3.63, 3.8) is 0 Å². The number of hydrogen-bond acceptors (Lipinski definition) is 2. The average molecular weight is 286 g/mol. The molecule has 1 fully saturated rings. The third kappa shape index (κ3) is 3.96. The zero-order chi connectivity index (χ0) is 14.6. The number of piperazine rings is 1. The highest BCUT2D eigenvalue weighted by molar-refractivity contribution is 5.76. The summed E-state index contributed by atoms with van der Waals surface area (Å²) in [5, 5.41) is 3.15. The van der Waals surface area contributed by atoms with Crippen LogP contribution in [0.25, 0.3) is 0 Å². The molecule has 2 rings (SSSR count). The van der Waals surface area contributed by atoms with Gasteiger partial charge in [-0.3, -0.25) is 4.79 Å². The topological polar surface area (TPSA) is 32.3 Å². The fraction of sp³-hybridized carbons (Fsp3) is 0.500. The standard InChI is InChI=1S/C14H17F3N2O/c15-14(16,17)12-3-1-2-11(10-12)4-5-13(20)19-8-6-18-7-9-19/h1-3,10,18H,4-9H2. The molecule has 1 heterocycles. The average Bonchev–Trinajstić information content (AvgIpc) is 2.45. The van der Waals surface area contributed by atoms with Crippen LogP contribution in [0.1, 0.15) is 17.5 Å². The number of nitrogens with one attached hydrogen (secondary N) is 1. The first kappa shape index (κ1) is 14.8. The molecule has 3 nitrogen and oxygen atoms in total. The molecular formula is C14H17F3N2O. The number of hydrogen-bond donors (Lipinski definition) is 1. The predicted molar refractivity (Wildman–Crippen MR) is 69.2 cm³/mol. The maximum absolute atomic E-state index is 12.6. The van der Waals surface area contributed by atoms with Crippen LogP contribution in [-0.2, 0) is 17.4 Å². The van der Waals surface area contributed by atoms with Gasteiger partial charge in [-0.2, -0.15) is 13.2 Å². The van der Waals surface area contributed by atoms with Gasteiger partial charge in [-0.1, -0.05) is 18.2 Å². The van der Waals surface area contributed by atoms with E-state index in [1.807, 2.05) is 0 Å². The van der Waals surface area contributed by atoms with Gasteiger partial charge in [0.25, 0.3) is 0 Å². The van der Waals surface area contributed by atoms with Crippen molar-refractivity contribution >= 4 is 5.91 Å². The second-order valence-electron chi connectivity index (χ2n) is 4.83. The van der Waals surface area contributed by atoms with Crippen LogP contribution in [-0.4, -0.2) is 37.0 Å². The number of benzene rings is 1. The summed E-state index contributed by atoms with van der Waals surface area (Å²) in [5.41, 5.74) is -0.118. The largest absolute Gasteiger partial charge is 0.416 e. The summed E-state index contributed by atoms with van der Waals surface area (Å²) in [4.78, 5) is 13.7. The lowest BCUT2D eigenvalue weighted by Crippen LogP contribution is -2.46. The summed E-state index contributed by atoms with van der Waals surface area (Å²) in [6, 6.07) is 5.17. The monoisotopic (exact) mass is 286 g/mol. The number of nitrogens with zero attached hydrogens (tertiary/aromatic N) is 1. The van der Waals surface area contributed by atoms with E-state index in [0.717, 1.165) is 25.2 Å².